The second kappa shape index (κ2) is 5.85. The second-order valence-electron chi connectivity index (χ2n) is 4.15. The van der Waals surface area contributed by atoms with Gasteiger partial charge in [-0.1, -0.05) is 19.1 Å². The molecule has 0 fully saturated rings. The summed E-state index contributed by atoms with van der Waals surface area (Å²) in [5.74, 6) is 0.898. The molecule has 100 valence electrons. The van der Waals surface area contributed by atoms with E-state index in [2.05, 4.69) is 6.92 Å². The Morgan fingerprint density at radius 2 is 1.95 bits per heavy atom. The van der Waals surface area contributed by atoms with Gasteiger partial charge < -0.3 is 4.74 Å². The lowest BCUT2D eigenvalue weighted by Crippen LogP contribution is -1.92. The third-order valence-corrected chi connectivity index (χ3v) is 2.85. The molecule has 0 N–H and O–H groups in total. The standard InChI is InChI=1S/C15H12N2O3/c1-2-11-3-6-14(7-4-11)20-15-8-5-13(17(18)19)9-12(15)10-16/h3-9H,2H2,1H3. The fraction of sp³-hybridized carbons (Fsp3) is 0.133. The van der Waals surface area contributed by atoms with Crippen LogP contribution in [0.3, 0.4) is 0 Å². The summed E-state index contributed by atoms with van der Waals surface area (Å²) >= 11 is 0. The average molecular weight is 268 g/mol. The number of nitriles is 1. The molecular formula is C15H12N2O3. The summed E-state index contributed by atoms with van der Waals surface area (Å²) < 4.78 is 5.59. The summed E-state index contributed by atoms with van der Waals surface area (Å²) in [6.45, 7) is 2.06. The molecule has 5 nitrogen and oxygen atoms in total. The highest BCUT2D eigenvalue weighted by Crippen LogP contribution is 2.28. The van der Waals surface area contributed by atoms with Crippen molar-refractivity contribution < 1.29 is 9.66 Å². The zero-order chi connectivity index (χ0) is 14.5. The summed E-state index contributed by atoms with van der Waals surface area (Å²) in [5.41, 5.74) is 1.19. The maximum Gasteiger partial charge on any atom is 0.271 e. The van der Waals surface area contributed by atoms with E-state index in [0.29, 0.717) is 11.5 Å². The second-order valence-corrected chi connectivity index (χ2v) is 4.15. The van der Waals surface area contributed by atoms with Crippen molar-refractivity contribution in [1.82, 2.24) is 0 Å². The highest BCUT2D eigenvalue weighted by atomic mass is 16.6. The molecular weight excluding hydrogens is 256 g/mol. The van der Waals surface area contributed by atoms with Crippen LogP contribution in [0.25, 0.3) is 0 Å². The van der Waals surface area contributed by atoms with E-state index >= 15 is 0 Å². The van der Waals surface area contributed by atoms with Gasteiger partial charge in [0.05, 0.1) is 4.92 Å². The first-order valence-corrected chi connectivity index (χ1v) is 6.09. The predicted molar refractivity (Wildman–Crippen MR) is 73.7 cm³/mol. The summed E-state index contributed by atoms with van der Waals surface area (Å²) in [4.78, 5) is 10.1. The van der Waals surface area contributed by atoms with Gasteiger partial charge in [-0.3, -0.25) is 10.1 Å². The Labute approximate surface area is 116 Å². The number of nitro groups is 1. The maximum absolute atomic E-state index is 10.7. The van der Waals surface area contributed by atoms with E-state index in [0.717, 1.165) is 6.42 Å². The van der Waals surface area contributed by atoms with Gasteiger partial charge in [0.2, 0.25) is 0 Å². The van der Waals surface area contributed by atoms with Gasteiger partial charge >= 0.3 is 0 Å². The lowest BCUT2D eigenvalue weighted by molar-refractivity contribution is -0.384. The van der Waals surface area contributed by atoms with E-state index in [1.54, 1.807) is 12.1 Å². The molecule has 0 amide bonds. The summed E-state index contributed by atoms with van der Waals surface area (Å²) in [6.07, 6.45) is 0.932. The number of non-ortho nitro benzene ring substituents is 1. The van der Waals surface area contributed by atoms with Gasteiger partial charge in [0, 0.05) is 12.1 Å². The Hall–Kier alpha value is -2.87. The molecule has 0 heterocycles. The number of nitro benzene ring substituents is 1. The monoisotopic (exact) mass is 268 g/mol. The Kier molecular flexibility index (Phi) is 3.96. The fourth-order valence-electron chi connectivity index (χ4n) is 1.73. The van der Waals surface area contributed by atoms with Crippen molar-refractivity contribution in [2.24, 2.45) is 0 Å². The molecule has 0 aliphatic heterocycles. The zero-order valence-corrected chi connectivity index (χ0v) is 10.9. The van der Waals surface area contributed by atoms with Crippen LogP contribution < -0.4 is 4.74 Å². The van der Waals surface area contributed by atoms with Crippen LogP contribution in [0.15, 0.2) is 42.5 Å². The molecule has 0 bridgehead atoms. The Balaban J connectivity index is 2.28. The molecule has 2 aromatic rings. The fourth-order valence-corrected chi connectivity index (χ4v) is 1.73. The maximum atomic E-state index is 10.7. The quantitative estimate of drug-likeness (QED) is 0.623. The van der Waals surface area contributed by atoms with Crippen molar-refractivity contribution in [1.29, 1.82) is 5.26 Å². The van der Waals surface area contributed by atoms with Crippen LogP contribution in [0.5, 0.6) is 11.5 Å². The largest absolute Gasteiger partial charge is 0.456 e. The van der Waals surface area contributed by atoms with E-state index < -0.39 is 4.92 Å². The first-order chi connectivity index (χ1) is 9.63. The van der Waals surface area contributed by atoms with Gasteiger partial charge in [-0.05, 0) is 30.2 Å². The van der Waals surface area contributed by atoms with E-state index in [1.807, 2.05) is 18.2 Å². The van der Waals surface area contributed by atoms with E-state index in [-0.39, 0.29) is 11.3 Å². The number of rotatable bonds is 4. The van der Waals surface area contributed by atoms with Crippen LogP contribution in [0, 0.1) is 21.4 Å². The third-order valence-electron chi connectivity index (χ3n) is 2.85. The molecule has 5 heteroatoms. The molecule has 2 rings (SSSR count). The van der Waals surface area contributed by atoms with Gasteiger partial charge in [0.15, 0.2) is 0 Å². The minimum atomic E-state index is -0.541. The Morgan fingerprint density at radius 3 is 2.50 bits per heavy atom. The van der Waals surface area contributed by atoms with Gasteiger partial charge in [0.25, 0.3) is 5.69 Å². The van der Waals surface area contributed by atoms with Crippen LogP contribution in [0.4, 0.5) is 5.69 Å². The zero-order valence-electron chi connectivity index (χ0n) is 10.9. The van der Waals surface area contributed by atoms with Crippen LogP contribution in [-0.4, -0.2) is 4.92 Å². The van der Waals surface area contributed by atoms with Crippen molar-refractivity contribution in [2.45, 2.75) is 13.3 Å². The van der Waals surface area contributed by atoms with Crippen LogP contribution in [0.2, 0.25) is 0 Å². The molecule has 0 saturated heterocycles. The molecule has 0 spiro atoms. The molecule has 0 unspecified atom stereocenters. The molecule has 0 aliphatic carbocycles. The molecule has 0 aliphatic rings. The van der Waals surface area contributed by atoms with Gasteiger partial charge in [0.1, 0.15) is 23.1 Å². The molecule has 0 radical (unpaired) electrons. The minimum absolute atomic E-state index is 0.129. The topological polar surface area (TPSA) is 76.2 Å². The third kappa shape index (κ3) is 2.93. The summed E-state index contributed by atoms with van der Waals surface area (Å²) in [7, 11) is 0. The number of benzene rings is 2. The van der Waals surface area contributed by atoms with Crippen LogP contribution in [-0.2, 0) is 6.42 Å². The van der Waals surface area contributed by atoms with Crippen molar-refractivity contribution in [3.05, 3.63) is 63.7 Å². The lowest BCUT2D eigenvalue weighted by Gasteiger charge is -2.07. The molecule has 0 saturated carbocycles. The average Bonchev–Trinajstić information content (AvgIpc) is 2.48. The van der Waals surface area contributed by atoms with Crippen molar-refractivity contribution >= 4 is 5.69 Å². The van der Waals surface area contributed by atoms with Gasteiger partial charge in [-0.25, -0.2) is 0 Å². The van der Waals surface area contributed by atoms with E-state index in [1.165, 1.54) is 23.8 Å². The Bertz CT molecular complexity index is 673. The molecule has 0 aromatic heterocycles. The highest BCUT2D eigenvalue weighted by molar-refractivity contribution is 5.51. The Morgan fingerprint density at radius 1 is 1.25 bits per heavy atom. The number of nitrogens with zero attached hydrogens (tertiary/aromatic N) is 2. The smallest absolute Gasteiger partial charge is 0.271 e. The summed E-state index contributed by atoms with van der Waals surface area (Å²) in [5, 5.41) is 19.7. The number of aryl methyl sites for hydroxylation is 1. The first kappa shape index (κ1) is 13.6. The number of ether oxygens (including phenoxy) is 1. The first-order valence-electron chi connectivity index (χ1n) is 6.09. The number of hydrogen-bond donors (Lipinski definition) is 0. The molecule has 0 atom stereocenters. The van der Waals surface area contributed by atoms with Crippen molar-refractivity contribution in [3.63, 3.8) is 0 Å². The van der Waals surface area contributed by atoms with E-state index in [9.17, 15) is 10.1 Å². The van der Waals surface area contributed by atoms with Crippen LogP contribution >= 0.6 is 0 Å². The number of hydrogen-bond acceptors (Lipinski definition) is 4. The molecule has 2 aromatic carbocycles. The normalized spacial score (nSPS) is 9.80. The minimum Gasteiger partial charge on any atom is -0.456 e. The lowest BCUT2D eigenvalue weighted by atomic mass is 10.1. The SMILES string of the molecule is CCc1ccc(Oc2ccc([N+](=O)[O-])cc2C#N)cc1. The summed E-state index contributed by atoms with van der Waals surface area (Å²) in [6, 6.07) is 13.3. The van der Waals surface area contributed by atoms with Gasteiger partial charge in [-0.2, -0.15) is 5.26 Å². The predicted octanol–water partition coefficient (Wildman–Crippen LogP) is 3.82. The molecule has 20 heavy (non-hydrogen) atoms. The highest BCUT2D eigenvalue weighted by Gasteiger charge is 2.12. The van der Waals surface area contributed by atoms with Crippen molar-refractivity contribution in [3.8, 4) is 17.6 Å². The van der Waals surface area contributed by atoms with Crippen LogP contribution in [0.1, 0.15) is 18.1 Å². The van der Waals surface area contributed by atoms with Gasteiger partial charge in [-0.15, -0.1) is 0 Å². The van der Waals surface area contributed by atoms with E-state index in [4.69, 9.17) is 10.00 Å². The van der Waals surface area contributed by atoms with Crippen molar-refractivity contribution in [2.75, 3.05) is 0 Å².